The Morgan fingerprint density at radius 1 is 1.21 bits per heavy atom. The minimum Gasteiger partial charge on any atom is -0.478 e. The van der Waals surface area contributed by atoms with Crippen molar-refractivity contribution in [3.8, 4) is 0 Å². The molecule has 0 saturated heterocycles. The summed E-state index contributed by atoms with van der Waals surface area (Å²) in [6, 6.07) is 4.87. The van der Waals surface area contributed by atoms with Crippen LogP contribution in [0, 0.1) is 5.92 Å². The van der Waals surface area contributed by atoms with Crippen LogP contribution in [0.5, 0.6) is 0 Å². The lowest BCUT2D eigenvalue weighted by molar-refractivity contribution is 0.0696. The van der Waals surface area contributed by atoms with Crippen LogP contribution in [0.1, 0.15) is 41.0 Å². The molecule has 1 rings (SSSR count). The SMILES string of the molecule is CC(C)C[C@@H]([C]=O)NC(=O)c1ccc(C(=O)O)cc1. The predicted octanol–water partition coefficient (Wildman–Crippen LogP) is 1.64. The van der Waals surface area contributed by atoms with Crippen LogP contribution in [-0.2, 0) is 4.79 Å². The minimum absolute atomic E-state index is 0.109. The third-order valence-corrected chi connectivity index (χ3v) is 2.55. The van der Waals surface area contributed by atoms with Gasteiger partial charge in [-0.3, -0.25) is 9.59 Å². The molecule has 0 aliphatic heterocycles. The van der Waals surface area contributed by atoms with Gasteiger partial charge in [0, 0.05) is 5.56 Å². The standard InChI is InChI=1S/C14H16NO4/c1-9(2)7-12(8-16)15-13(17)10-3-5-11(6-4-10)14(18)19/h3-6,9,12H,7H2,1-2H3,(H,15,17)(H,18,19)/t12-/m0/s1. The van der Waals surface area contributed by atoms with E-state index in [0.29, 0.717) is 12.0 Å². The van der Waals surface area contributed by atoms with Gasteiger partial charge in [0.25, 0.3) is 5.91 Å². The fourth-order valence-corrected chi connectivity index (χ4v) is 1.61. The highest BCUT2D eigenvalue weighted by Crippen LogP contribution is 2.07. The van der Waals surface area contributed by atoms with Crippen LogP contribution in [0.2, 0.25) is 0 Å². The second-order valence-corrected chi connectivity index (χ2v) is 4.66. The topological polar surface area (TPSA) is 83.5 Å². The molecule has 1 aromatic rings. The molecule has 5 nitrogen and oxygen atoms in total. The third-order valence-electron chi connectivity index (χ3n) is 2.55. The summed E-state index contributed by atoms with van der Waals surface area (Å²) in [6.45, 7) is 3.89. The van der Waals surface area contributed by atoms with E-state index in [-0.39, 0.29) is 11.5 Å². The number of rotatable bonds is 6. The van der Waals surface area contributed by atoms with Crippen LogP contribution >= 0.6 is 0 Å². The smallest absolute Gasteiger partial charge is 0.335 e. The Morgan fingerprint density at radius 2 is 1.74 bits per heavy atom. The second kappa shape index (κ2) is 6.68. The van der Waals surface area contributed by atoms with E-state index >= 15 is 0 Å². The molecule has 0 spiro atoms. The van der Waals surface area contributed by atoms with Crippen LogP contribution in [0.15, 0.2) is 24.3 Å². The van der Waals surface area contributed by atoms with Crippen molar-refractivity contribution in [2.75, 3.05) is 0 Å². The molecule has 0 fully saturated rings. The number of aromatic carboxylic acids is 1. The van der Waals surface area contributed by atoms with Gasteiger partial charge in [0.2, 0.25) is 6.29 Å². The molecule has 0 bridgehead atoms. The van der Waals surface area contributed by atoms with E-state index < -0.39 is 17.9 Å². The highest BCUT2D eigenvalue weighted by atomic mass is 16.4. The number of carbonyl (C=O) groups excluding carboxylic acids is 2. The Hall–Kier alpha value is -2.17. The van der Waals surface area contributed by atoms with E-state index in [0.717, 1.165) is 0 Å². The van der Waals surface area contributed by atoms with Gasteiger partial charge in [0.15, 0.2) is 0 Å². The lowest BCUT2D eigenvalue weighted by Crippen LogP contribution is -2.36. The number of carbonyl (C=O) groups is 2. The highest BCUT2D eigenvalue weighted by molar-refractivity contribution is 5.97. The number of amides is 1. The van der Waals surface area contributed by atoms with Crippen molar-refractivity contribution in [1.29, 1.82) is 0 Å². The van der Waals surface area contributed by atoms with E-state index in [1.54, 1.807) is 6.29 Å². The quantitative estimate of drug-likeness (QED) is 0.816. The minimum atomic E-state index is -1.05. The van der Waals surface area contributed by atoms with Gasteiger partial charge >= 0.3 is 5.97 Å². The first kappa shape index (κ1) is 14.9. The molecule has 5 heteroatoms. The normalized spacial score (nSPS) is 11.9. The van der Waals surface area contributed by atoms with Crippen molar-refractivity contribution < 1.29 is 19.5 Å². The first-order valence-corrected chi connectivity index (χ1v) is 5.96. The van der Waals surface area contributed by atoms with Crippen molar-refractivity contribution >= 4 is 18.2 Å². The number of hydrogen-bond donors (Lipinski definition) is 2. The molecule has 0 aliphatic carbocycles. The molecule has 101 valence electrons. The van der Waals surface area contributed by atoms with Crippen molar-refractivity contribution in [3.63, 3.8) is 0 Å². The van der Waals surface area contributed by atoms with Gasteiger partial charge in [-0.2, -0.15) is 0 Å². The van der Waals surface area contributed by atoms with Crippen LogP contribution in [0.25, 0.3) is 0 Å². The summed E-state index contributed by atoms with van der Waals surface area (Å²) in [5.74, 6) is -1.20. The molecule has 1 radical (unpaired) electrons. The lowest BCUT2D eigenvalue weighted by atomic mass is 10.0. The van der Waals surface area contributed by atoms with Crippen LogP contribution in [0.3, 0.4) is 0 Å². The van der Waals surface area contributed by atoms with Crippen molar-refractivity contribution in [2.45, 2.75) is 26.3 Å². The molecule has 0 aliphatic rings. The van der Waals surface area contributed by atoms with Crippen LogP contribution in [-0.4, -0.2) is 29.3 Å². The fourth-order valence-electron chi connectivity index (χ4n) is 1.61. The molecular weight excluding hydrogens is 246 g/mol. The summed E-state index contributed by atoms with van der Waals surface area (Å²) in [5, 5.41) is 11.3. The molecule has 2 N–H and O–H groups in total. The molecule has 0 saturated carbocycles. The number of hydrogen-bond acceptors (Lipinski definition) is 3. The maximum atomic E-state index is 11.8. The van der Waals surface area contributed by atoms with E-state index in [1.165, 1.54) is 24.3 Å². The van der Waals surface area contributed by atoms with E-state index in [1.807, 2.05) is 13.8 Å². The van der Waals surface area contributed by atoms with E-state index in [4.69, 9.17) is 5.11 Å². The molecule has 19 heavy (non-hydrogen) atoms. The van der Waals surface area contributed by atoms with Gasteiger partial charge < -0.3 is 10.4 Å². The summed E-state index contributed by atoms with van der Waals surface area (Å²) in [5.41, 5.74) is 0.422. The number of carboxylic acids is 1. The molecule has 0 heterocycles. The van der Waals surface area contributed by atoms with Gasteiger partial charge in [0.1, 0.15) is 0 Å². The monoisotopic (exact) mass is 262 g/mol. The summed E-state index contributed by atoms with van der Waals surface area (Å²) >= 11 is 0. The van der Waals surface area contributed by atoms with Gasteiger partial charge in [-0.05, 0) is 36.6 Å². The van der Waals surface area contributed by atoms with Crippen molar-refractivity contribution in [1.82, 2.24) is 5.32 Å². The average Bonchev–Trinajstić information content (AvgIpc) is 2.37. The molecular formula is C14H16NO4. The average molecular weight is 262 g/mol. The summed E-state index contributed by atoms with van der Waals surface area (Å²) in [4.78, 5) is 33.2. The van der Waals surface area contributed by atoms with Crippen LogP contribution < -0.4 is 5.32 Å². The Bertz CT molecular complexity index is 465. The maximum Gasteiger partial charge on any atom is 0.335 e. The van der Waals surface area contributed by atoms with Crippen LogP contribution in [0.4, 0.5) is 0 Å². The summed E-state index contributed by atoms with van der Waals surface area (Å²) < 4.78 is 0. The number of benzene rings is 1. The van der Waals surface area contributed by atoms with Gasteiger partial charge in [0.05, 0.1) is 11.6 Å². The highest BCUT2D eigenvalue weighted by Gasteiger charge is 2.15. The summed E-state index contributed by atoms with van der Waals surface area (Å²) in [6.07, 6.45) is 2.30. The maximum absolute atomic E-state index is 11.8. The Kier molecular flexibility index (Phi) is 5.23. The Labute approximate surface area is 111 Å². The van der Waals surface area contributed by atoms with Gasteiger partial charge in [-0.25, -0.2) is 4.79 Å². The Balaban J connectivity index is 2.71. The Morgan fingerprint density at radius 3 is 2.16 bits per heavy atom. The molecule has 1 aromatic carbocycles. The molecule has 0 unspecified atom stereocenters. The second-order valence-electron chi connectivity index (χ2n) is 4.66. The van der Waals surface area contributed by atoms with Crippen molar-refractivity contribution in [3.05, 3.63) is 35.4 Å². The first-order chi connectivity index (χ1) is 8.93. The zero-order valence-corrected chi connectivity index (χ0v) is 10.8. The zero-order valence-electron chi connectivity index (χ0n) is 10.8. The first-order valence-electron chi connectivity index (χ1n) is 5.96. The zero-order chi connectivity index (χ0) is 14.4. The third kappa shape index (κ3) is 4.54. The van der Waals surface area contributed by atoms with Gasteiger partial charge in [-0.1, -0.05) is 13.8 Å². The van der Waals surface area contributed by atoms with E-state index in [2.05, 4.69) is 5.32 Å². The molecule has 0 aromatic heterocycles. The predicted molar refractivity (Wildman–Crippen MR) is 69.8 cm³/mol. The van der Waals surface area contributed by atoms with Crippen molar-refractivity contribution in [2.24, 2.45) is 5.92 Å². The summed E-state index contributed by atoms with van der Waals surface area (Å²) in [7, 11) is 0. The molecule has 1 atom stereocenters. The number of nitrogens with one attached hydrogen (secondary N) is 1. The lowest BCUT2D eigenvalue weighted by Gasteiger charge is -2.14. The number of carboxylic acid groups (broad SMARTS) is 1. The molecule has 1 amide bonds. The largest absolute Gasteiger partial charge is 0.478 e. The fraction of sp³-hybridized carbons (Fsp3) is 0.357. The van der Waals surface area contributed by atoms with Gasteiger partial charge in [-0.15, -0.1) is 0 Å². The van der Waals surface area contributed by atoms with E-state index in [9.17, 15) is 14.4 Å².